The minimum Gasteiger partial charge on any atom is -0.466 e. The van der Waals surface area contributed by atoms with Crippen LogP contribution in [0.1, 0.15) is 41.7 Å². The van der Waals surface area contributed by atoms with E-state index in [2.05, 4.69) is 10.2 Å². The number of carbonyl (C=O) groups is 2. The molecule has 1 amide bonds. The molecule has 0 saturated carbocycles. The largest absolute Gasteiger partial charge is 0.466 e. The minimum atomic E-state index is -0.362. The number of methoxy groups -OCH3 is 1. The van der Waals surface area contributed by atoms with Gasteiger partial charge < -0.3 is 15.0 Å². The van der Waals surface area contributed by atoms with Gasteiger partial charge in [-0.2, -0.15) is 0 Å². The molecule has 2 aromatic rings. The molecule has 0 aliphatic carbocycles. The van der Waals surface area contributed by atoms with Crippen molar-refractivity contribution < 1.29 is 14.3 Å². The van der Waals surface area contributed by atoms with Gasteiger partial charge in [0.1, 0.15) is 0 Å². The quantitative estimate of drug-likeness (QED) is 0.694. The van der Waals surface area contributed by atoms with Gasteiger partial charge in [0.2, 0.25) is 0 Å². The second-order valence-corrected chi connectivity index (χ2v) is 8.41. The summed E-state index contributed by atoms with van der Waals surface area (Å²) in [6.45, 7) is 2.81. The first-order valence-corrected chi connectivity index (χ1v) is 11.4. The lowest BCUT2D eigenvalue weighted by Gasteiger charge is -2.40. The third-order valence-corrected chi connectivity index (χ3v) is 6.46. The molecule has 2 aromatic carbocycles. The van der Waals surface area contributed by atoms with Crippen LogP contribution < -0.4 is 5.32 Å². The van der Waals surface area contributed by atoms with Crippen LogP contribution in [0.25, 0.3) is 0 Å². The number of benzene rings is 2. The van der Waals surface area contributed by atoms with Crippen molar-refractivity contribution in [3.63, 3.8) is 0 Å². The Morgan fingerprint density at radius 1 is 1.19 bits per heavy atom. The summed E-state index contributed by atoms with van der Waals surface area (Å²) in [4.78, 5) is 32.4. The van der Waals surface area contributed by atoms with Gasteiger partial charge >= 0.3 is 5.97 Å². The van der Waals surface area contributed by atoms with Crippen molar-refractivity contribution in [3.8, 4) is 0 Å². The maximum atomic E-state index is 12.8. The number of allylic oxidation sites excluding steroid dienone is 1. The molecule has 0 bridgehead atoms. The number of carbonyl (C=O) groups excluding carboxylic acids is 2. The fourth-order valence-electron chi connectivity index (χ4n) is 3.94. The zero-order valence-electron chi connectivity index (χ0n) is 17.6. The number of nitrogens with zero attached hydrogens (tertiary/aromatic N) is 2. The Morgan fingerprint density at radius 3 is 2.74 bits per heavy atom. The number of hydrogen-bond donors (Lipinski definition) is 1. The molecule has 1 atom stereocenters. The Hall–Kier alpha value is -3.06. The first-order chi connectivity index (χ1) is 15.1. The number of anilines is 1. The highest BCUT2D eigenvalue weighted by Crippen LogP contribution is 2.41. The van der Waals surface area contributed by atoms with Crippen LogP contribution in [0.5, 0.6) is 0 Å². The highest BCUT2D eigenvalue weighted by molar-refractivity contribution is 8.13. The number of amidine groups is 1. The van der Waals surface area contributed by atoms with Crippen LogP contribution in [0.2, 0.25) is 0 Å². The Labute approximate surface area is 186 Å². The van der Waals surface area contributed by atoms with Crippen molar-refractivity contribution in [2.45, 2.75) is 25.8 Å². The van der Waals surface area contributed by atoms with Crippen LogP contribution in [0.3, 0.4) is 0 Å². The number of aliphatic imine (C=N–C) groups is 1. The fraction of sp³-hybridized carbons (Fsp3) is 0.292. The molecule has 1 unspecified atom stereocenters. The number of hydrogen-bond acceptors (Lipinski definition) is 6. The highest BCUT2D eigenvalue weighted by atomic mass is 32.2. The average molecular weight is 436 g/mol. The van der Waals surface area contributed by atoms with E-state index in [4.69, 9.17) is 9.73 Å². The van der Waals surface area contributed by atoms with Gasteiger partial charge in [-0.3, -0.25) is 4.79 Å². The van der Waals surface area contributed by atoms with E-state index in [-0.39, 0.29) is 17.9 Å². The van der Waals surface area contributed by atoms with E-state index in [1.807, 2.05) is 49.4 Å². The van der Waals surface area contributed by atoms with Crippen molar-refractivity contribution in [2.24, 2.45) is 4.99 Å². The Kier molecular flexibility index (Phi) is 6.42. The van der Waals surface area contributed by atoms with Crippen LogP contribution in [-0.4, -0.2) is 41.4 Å². The van der Waals surface area contributed by atoms with Crippen LogP contribution >= 0.6 is 11.8 Å². The molecule has 31 heavy (non-hydrogen) atoms. The second-order valence-electron chi connectivity index (χ2n) is 7.34. The molecule has 2 aliphatic heterocycles. The average Bonchev–Trinajstić information content (AvgIpc) is 2.83. The monoisotopic (exact) mass is 435 g/mol. The van der Waals surface area contributed by atoms with Gasteiger partial charge in [-0.05, 0) is 42.7 Å². The highest BCUT2D eigenvalue weighted by Gasteiger charge is 2.38. The predicted molar refractivity (Wildman–Crippen MR) is 124 cm³/mol. The van der Waals surface area contributed by atoms with Gasteiger partial charge in [-0.1, -0.05) is 49.0 Å². The van der Waals surface area contributed by atoms with Crippen LogP contribution in [0.15, 0.2) is 70.9 Å². The molecule has 160 valence electrons. The Morgan fingerprint density at radius 2 is 2.00 bits per heavy atom. The number of ether oxygens (including phenoxy) is 1. The van der Waals surface area contributed by atoms with Crippen molar-refractivity contribution in [3.05, 3.63) is 77.0 Å². The van der Waals surface area contributed by atoms with Crippen molar-refractivity contribution in [1.29, 1.82) is 0 Å². The molecule has 0 aromatic heterocycles. The molecule has 1 fully saturated rings. The van der Waals surface area contributed by atoms with Crippen molar-refractivity contribution in [2.75, 3.05) is 24.7 Å². The van der Waals surface area contributed by atoms with Gasteiger partial charge in [-0.25, -0.2) is 9.79 Å². The molecule has 2 aliphatic rings. The summed E-state index contributed by atoms with van der Waals surface area (Å²) < 4.78 is 5.14. The third-order valence-electron chi connectivity index (χ3n) is 5.38. The lowest BCUT2D eigenvalue weighted by molar-refractivity contribution is -0.137. The zero-order chi connectivity index (χ0) is 21.8. The molecule has 0 spiro atoms. The molecule has 1 saturated heterocycles. The summed E-state index contributed by atoms with van der Waals surface area (Å²) in [6, 6.07) is 16.5. The summed E-state index contributed by atoms with van der Waals surface area (Å²) in [5.74, 6) is 0.480. The topological polar surface area (TPSA) is 71.0 Å². The van der Waals surface area contributed by atoms with Gasteiger partial charge in [0, 0.05) is 23.5 Å². The van der Waals surface area contributed by atoms with Crippen molar-refractivity contribution in [1.82, 2.24) is 4.90 Å². The van der Waals surface area contributed by atoms with Gasteiger partial charge in [-0.15, -0.1) is 0 Å². The number of fused-ring (bicyclic) bond motifs is 1. The van der Waals surface area contributed by atoms with Crippen LogP contribution in [0.4, 0.5) is 5.69 Å². The van der Waals surface area contributed by atoms with E-state index in [1.165, 1.54) is 7.11 Å². The summed E-state index contributed by atoms with van der Waals surface area (Å²) >= 11 is 1.72. The molecule has 7 heteroatoms. The molecule has 6 nitrogen and oxygen atoms in total. The fourth-order valence-corrected chi connectivity index (χ4v) is 4.93. The molecular formula is C24H25N3O3S. The molecular weight excluding hydrogens is 410 g/mol. The van der Waals surface area contributed by atoms with Crippen LogP contribution in [-0.2, 0) is 9.53 Å². The van der Waals surface area contributed by atoms with Crippen molar-refractivity contribution >= 4 is 34.5 Å². The summed E-state index contributed by atoms with van der Waals surface area (Å²) in [5, 5.41) is 3.91. The summed E-state index contributed by atoms with van der Waals surface area (Å²) in [7, 11) is 1.40. The number of esters is 1. The van der Waals surface area contributed by atoms with Gasteiger partial charge in [0.05, 0.1) is 24.4 Å². The normalized spacial score (nSPS) is 18.2. The van der Waals surface area contributed by atoms with Gasteiger partial charge in [0.25, 0.3) is 5.91 Å². The van der Waals surface area contributed by atoms with E-state index in [1.54, 1.807) is 23.9 Å². The van der Waals surface area contributed by atoms with E-state index in [0.717, 1.165) is 35.1 Å². The molecule has 1 N–H and O–H groups in total. The maximum absolute atomic E-state index is 12.8. The lowest BCUT2D eigenvalue weighted by Crippen LogP contribution is -2.42. The predicted octanol–water partition coefficient (Wildman–Crippen LogP) is 4.63. The second kappa shape index (κ2) is 9.39. The number of rotatable bonds is 5. The molecule has 2 heterocycles. The standard InChI is InChI=1S/C24H25N3O3S/c1-3-19-20(23(29)30-2)21(27-13-8-14-31-24(27)26-19)17-11-7-12-18(15-17)25-22(28)16-9-5-4-6-10-16/h4-7,9-12,15,21H,3,8,13-14H2,1-2H3,(H,25,28). The third kappa shape index (κ3) is 4.37. The lowest BCUT2D eigenvalue weighted by atomic mass is 9.93. The van der Waals surface area contributed by atoms with E-state index in [9.17, 15) is 9.59 Å². The maximum Gasteiger partial charge on any atom is 0.338 e. The summed E-state index contributed by atoms with van der Waals surface area (Å²) in [6.07, 6.45) is 1.66. The van der Waals surface area contributed by atoms with E-state index < -0.39 is 0 Å². The first-order valence-electron chi connectivity index (χ1n) is 10.4. The Bertz CT molecular complexity index is 1050. The zero-order valence-corrected chi connectivity index (χ0v) is 18.4. The summed E-state index contributed by atoms with van der Waals surface area (Å²) in [5.41, 5.74) is 3.53. The molecule has 4 rings (SSSR count). The number of thioether (sulfide) groups is 1. The first kappa shape index (κ1) is 21.2. The van der Waals surface area contributed by atoms with Crippen LogP contribution in [0, 0.1) is 0 Å². The SMILES string of the molecule is CCC1=C(C(=O)OC)C(c2cccc(NC(=O)c3ccccc3)c2)N2CCCSC2=N1. The van der Waals surface area contributed by atoms with E-state index >= 15 is 0 Å². The van der Waals surface area contributed by atoms with Gasteiger partial charge in [0.15, 0.2) is 5.17 Å². The smallest absolute Gasteiger partial charge is 0.338 e. The molecule has 0 radical (unpaired) electrons. The van der Waals surface area contributed by atoms with E-state index in [0.29, 0.717) is 23.2 Å². The number of nitrogens with one attached hydrogen (secondary N) is 1. The minimum absolute atomic E-state index is 0.171. The number of amides is 1. The Balaban J connectivity index is 1.71.